The number of piperidine rings is 1. The van der Waals surface area contributed by atoms with Crippen LogP contribution in [0.3, 0.4) is 0 Å². The molecule has 1 amide bonds. The van der Waals surface area contributed by atoms with Crippen LogP contribution in [0.2, 0.25) is 0 Å². The normalized spacial score (nSPS) is 32.9. The van der Waals surface area contributed by atoms with Gasteiger partial charge >= 0.3 is 0 Å². The van der Waals surface area contributed by atoms with Gasteiger partial charge in [-0.25, -0.2) is 0 Å². The molecule has 2 rings (SSSR count). The van der Waals surface area contributed by atoms with E-state index >= 15 is 0 Å². The van der Waals surface area contributed by atoms with E-state index in [1.807, 2.05) is 0 Å². The number of nitrogens with one attached hydrogen (secondary N) is 2. The van der Waals surface area contributed by atoms with Gasteiger partial charge in [-0.2, -0.15) is 0 Å². The lowest BCUT2D eigenvalue weighted by Gasteiger charge is -2.39. The topological polar surface area (TPSA) is 41.1 Å². The molecule has 1 saturated heterocycles. The van der Waals surface area contributed by atoms with Gasteiger partial charge in [-0.1, -0.05) is 32.6 Å². The molecular formula is C14H26N2O. The fourth-order valence-electron chi connectivity index (χ4n) is 3.25. The van der Waals surface area contributed by atoms with E-state index in [1.165, 1.54) is 25.7 Å². The zero-order chi connectivity index (χ0) is 12.1. The number of rotatable bonds is 4. The van der Waals surface area contributed by atoms with Crippen molar-refractivity contribution in [2.75, 3.05) is 13.1 Å². The van der Waals surface area contributed by atoms with E-state index in [0.29, 0.717) is 0 Å². The van der Waals surface area contributed by atoms with E-state index in [-0.39, 0.29) is 11.9 Å². The van der Waals surface area contributed by atoms with Crippen LogP contribution in [0.15, 0.2) is 0 Å². The van der Waals surface area contributed by atoms with Crippen molar-refractivity contribution in [2.24, 2.45) is 11.8 Å². The van der Waals surface area contributed by atoms with Crippen LogP contribution in [0.1, 0.15) is 51.9 Å². The van der Waals surface area contributed by atoms with Gasteiger partial charge < -0.3 is 10.6 Å². The molecule has 3 heteroatoms. The highest BCUT2D eigenvalue weighted by molar-refractivity contribution is 5.81. The van der Waals surface area contributed by atoms with E-state index < -0.39 is 0 Å². The Morgan fingerprint density at radius 3 is 2.82 bits per heavy atom. The van der Waals surface area contributed by atoms with Crippen molar-refractivity contribution >= 4 is 5.91 Å². The van der Waals surface area contributed by atoms with Crippen LogP contribution in [0, 0.1) is 11.8 Å². The molecule has 98 valence electrons. The first-order valence-electron chi connectivity index (χ1n) is 7.32. The Hall–Kier alpha value is -0.570. The predicted molar refractivity (Wildman–Crippen MR) is 69.8 cm³/mol. The lowest BCUT2D eigenvalue weighted by atomic mass is 9.73. The molecule has 0 bridgehead atoms. The number of hydrogen-bond acceptors (Lipinski definition) is 2. The van der Waals surface area contributed by atoms with Crippen molar-refractivity contribution in [2.45, 2.75) is 57.9 Å². The quantitative estimate of drug-likeness (QED) is 0.736. The molecule has 1 aliphatic carbocycles. The Morgan fingerprint density at radius 1 is 1.29 bits per heavy atom. The second-order valence-corrected chi connectivity index (χ2v) is 5.65. The summed E-state index contributed by atoms with van der Waals surface area (Å²) >= 11 is 0. The first-order chi connectivity index (χ1) is 8.31. The molecule has 0 aromatic heterocycles. The molecule has 2 fully saturated rings. The molecule has 1 aliphatic heterocycles. The summed E-state index contributed by atoms with van der Waals surface area (Å²) in [5.41, 5.74) is 0. The largest absolute Gasteiger partial charge is 0.355 e. The van der Waals surface area contributed by atoms with Gasteiger partial charge in [-0.05, 0) is 37.6 Å². The number of amides is 1. The van der Waals surface area contributed by atoms with Gasteiger partial charge in [0.1, 0.15) is 0 Å². The van der Waals surface area contributed by atoms with E-state index in [0.717, 1.165) is 44.2 Å². The zero-order valence-corrected chi connectivity index (χ0v) is 11.0. The summed E-state index contributed by atoms with van der Waals surface area (Å²) in [6.07, 6.45) is 8.74. The highest BCUT2D eigenvalue weighted by Gasteiger charge is 2.34. The number of unbranched alkanes of at least 4 members (excludes halogenated alkanes) is 1. The van der Waals surface area contributed by atoms with Gasteiger partial charge in [-0.3, -0.25) is 4.79 Å². The first kappa shape index (κ1) is 12.9. The maximum Gasteiger partial charge on any atom is 0.237 e. The van der Waals surface area contributed by atoms with Crippen molar-refractivity contribution in [3.05, 3.63) is 0 Å². The molecule has 0 aromatic carbocycles. The average Bonchev–Trinajstić information content (AvgIpc) is 2.38. The second-order valence-electron chi connectivity index (χ2n) is 5.65. The van der Waals surface area contributed by atoms with E-state index in [2.05, 4.69) is 17.6 Å². The standard InChI is InChI=1S/C14H26N2O/c1-2-3-8-15-14(17)13-9-11-6-4-5-7-12(11)10-16-13/h11-13,16H,2-10H2,1H3,(H,15,17). The molecular weight excluding hydrogens is 212 g/mol. The molecule has 2 aliphatic rings. The summed E-state index contributed by atoms with van der Waals surface area (Å²) in [5.74, 6) is 1.86. The minimum Gasteiger partial charge on any atom is -0.355 e. The Labute approximate surface area is 105 Å². The van der Waals surface area contributed by atoms with Crippen molar-refractivity contribution in [3.8, 4) is 0 Å². The minimum atomic E-state index is 0.0752. The van der Waals surface area contributed by atoms with Crippen molar-refractivity contribution in [3.63, 3.8) is 0 Å². The van der Waals surface area contributed by atoms with Gasteiger partial charge in [0.2, 0.25) is 5.91 Å². The smallest absolute Gasteiger partial charge is 0.237 e. The molecule has 3 atom stereocenters. The van der Waals surface area contributed by atoms with Gasteiger partial charge in [-0.15, -0.1) is 0 Å². The van der Waals surface area contributed by atoms with E-state index in [9.17, 15) is 4.79 Å². The highest BCUT2D eigenvalue weighted by atomic mass is 16.2. The second kappa shape index (κ2) is 6.39. The minimum absolute atomic E-state index is 0.0752. The summed E-state index contributed by atoms with van der Waals surface area (Å²) in [6, 6.07) is 0.0752. The Balaban J connectivity index is 1.76. The van der Waals surface area contributed by atoms with Gasteiger partial charge in [0.25, 0.3) is 0 Å². The van der Waals surface area contributed by atoms with E-state index in [4.69, 9.17) is 0 Å². The number of carbonyl (C=O) groups excluding carboxylic acids is 1. The highest BCUT2D eigenvalue weighted by Crippen LogP contribution is 2.35. The van der Waals surface area contributed by atoms with Crippen LogP contribution in [-0.4, -0.2) is 25.0 Å². The fourth-order valence-corrected chi connectivity index (χ4v) is 3.25. The average molecular weight is 238 g/mol. The summed E-state index contributed by atoms with van der Waals surface area (Å²) in [6.45, 7) is 4.04. The summed E-state index contributed by atoms with van der Waals surface area (Å²) in [4.78, 5) is 12.0. The van der Waals surface area contributed by atoms with Crippen LogP contribution in [0.4, 0.5) is 0 Å². The molecule has 0 spiro atoms. The SMILES string of the molecule is CCCCNC(=O)C1CC2CCCCC2CN1. The number of hydrogen-bond donors (Lipinski definition) is 2. The molecule has 3 nitrogen and oxygen atoms in total. The van der Waals surface area contributed by atoms with Crippen molar-refractivity contribution in [1.82, 2.24) is 10.6 Å². The molecule has 0 aromatic rings. The maximum atomic E-state index is 12.0. The molecule has 17 heavy (non-hydrogen) atoms. The Morgan fingerprint density at radius 2 is 2.06 bits per heavy atom. The van der Waals surface area contributed by atoms with Crippen LogP contribution in [-0.2, 0) is 4.79 Å². The maximum absolute atomic E-state index is 12.0. The predicted octanol–water partition coefficient (Wildman–Crippen LogP) is 2.07. The van der Waals surface area contributed by atoms with Gasteiger partial charge in [0.15, 0.2) is 0 Å². The third-order valence-electron chi connectivity index (χ3n) is 4.38. The van der Waals surface area contributed by atoms with Crippen LogP contribution in [0.5, 0.6) is 0 Å². The summed E-state index contributed by atoms with van der Waals surface area (Å²) in [5, 5.41) is 6.48. The molecule has 0 radical (unpaired) electrons. The fraction of sp³-hybridized carbons (Fsp3) is 0.929. The molecule has 3 unspecified atom stereocenters. The molecule has 2 N–H and O–H groups in total. The zero-order valence-electron chi connectivity index (χ0n) is 11.0. The van der Waals surface area contributed by atoms with Crippen molar-refractivity contribution in [1.29, 1.82) is 0 Å². The Kier molecular flexibility index (Phi) is 4.84. The molecule has 1 saturated carbocycles. The first-order valence-corrected chi connectivity index (χ1v) is 7.32. The third kappa shape index (κ3) is 3.44. The number of fused-ring (bicyclic) bond motifs is 1. The van der Waals surface area contributed by atoms with Gasteiger partial charge in [0, 0.05) is 6.54 Å². The summed E-state index contributed by atoms with van der Waals surface area (Å²) in [7, 11) is 0. The van der Waals surface area contributed by atoms with Gasteiger partial charge in [0.05, 0.1) is 6.04 Å². The third-order valence-corrected chi connectivity index (χ3v) is 4.38. The lowest BCUT2D eigenvalue weighted by molar-refractivity contribution is -0.124. The van der Waals surface area contributed by atoms with Crippen LogP contribution in [0.25, 0.3) is 0 Å². The Bertz CT molecular complexity index is 255. The van der Waals surface area contributed by atoms with Crippen LogP contribution < -0.4 is 10.6 Å². The van der Waals surface area contributed by atoms with Crippen LogP contribution >= 0.6 is 0 Å². The summed E-state index contributed by atoms with van der Waals surface area (Å²) < 4.78 is 0. The molecule has 1 heterocycles. The van der Waals surface area contributed by atoms with E-state index in [1.54, 1.807) is 0 Å². The monoisotopic (exact) mass is 238 g/mol. The lowest BCUT2D eigenvalue weighted by Crippen LogP contribution is -2.52. The van der Waals surface area contributed by atoms with Crippen molar-refractivity contribution < 1.29 is 4.79 Å². The number of carbonyl (C=O) groups is 1.